The molecule has 0 aliphatic heterocycles. The van der Waals surface area contributed by atoms with E-state index >= 15 is 0 Å². The first-order valence-corrected chi connectivity index (χ1v) is 12.9. The van der Waals surface area contributed by atoms with E-state index in [-0.39, 0.29) is 0 Å². The third kappa shape index (κ3) is 4.76. The van der Waals surface area contributed by atoms with Gasteiger partial charge in [-0.1, -0.05) is 96.9 Å². The van der Waals surface area contributed by atoms with Crippen LogP contribution in [0, 0.1) is 0 Å². The summed E-state index contributed by atoms with van der Waals surface area (Å²) < 4.78 is 19.0. The number of hydrogen-bond acceptors (Lipinski definition) is 3. The molecule has 0 atom stereocenters. The predicted octanol–water partition coefficient (Wildman–Crippen LogP) is 3.74. The largest absolute Gasteiger partial charge is 0.465 e. The standard InChI is InChI=1S/C25H32BO3Si/c1-4-27-30(28-5-2,29-6-3)22-26(23-16-10-7-11-17-23,24-18-12-8-13-19-24)25-20-14-9-15-21-25/h7-21H,4-6,22H2,1-3H3/q-1. The number of hydrogen-bond donors (Lipinski definition) is 0. The van der Waals surface area contributed by atoms with E-state index in [1.165, 1.54) is 16.4 Å². The Labute approximate surface area is 182 Å². The minimum Gasteiger partial charge on any atom is -0.376 e. The highest BCUT2D eigenvalue weighted by molar-refractivity contribution is 7.15. The Hall–Kier alpha value is -2.18. The fraction of sp³-hybridized carbons (Fsp3) is 0.280. The molecule has 3 aromatic carbocycles. The van der Waals surface area contributed by atoms with Gasteiger partial charge in [-0.25, -0.2) is 0 Å². The lowest BCUT2D eigenvalue weighted by molar-refractivity contribution is 0.0757. The smallest absolute Gasteiger partial charge is 0.376 e. The summed E-state index contributed by atoms with van der Waals surface area (Å²) >= 11 is 0. The van der Waals surface area contributed by atoms with Crippen LogP contribution in [-0.4, -0.2) is 34.8 Å². The van der Waals surface area contributed by atoms with E-state index in [2.05, 4.69) is 91.0 Å². The first-order chi connectivity index (χ1) is 14.7. The minimum absolute atomic E-state index is 0.566. The molecular weight excluding hydrogens is 387 g/mol. The molecule has 3 aromatic rings. The van der Waals surface area contributed by atoms with Crippen molar-refractivity contribution in [2.45, 2.75) is 26.7 Å². The van der Waals surface area contributed by atoms with Gasteiger partial charge in [0.1, 0.15) is 0 Å². The summed E-state index contributed by atoms with van der Waals surface area (Å²) in [6.45, 7) is 7.75. The van der Waals surface area contributed by atoms with E-state index in [1.54, 1.807) is 0 Å². The fourth-order valence-corrected chi connectivity index (χ4v) is 7.99. The molecule has 30 heavy (non-hydrogen) atoms. The highest BCUT2D eigenvalue weighted by Crippen LogP contribution is 2.24. The molecule has 0 unspecified atom stereocenters. The Morgan fingerprint density at radius 3 is 1.10 bits per heavy atom. The van der Waals surface area contributed by atoms with Gasteiger partial charge in [-0.15, -0.1) is 0 Å². The third-order valence-corrected chi connectivity index (χ3v) is 9.05. The topological polar surface area (TPSA) is 27.7 Å². The van der Waals surface area contributed by atoms with E-state index in [4.69, 9.17) is 13.3 Å². The van der Waals surface area contributed by atoms with E-state index in [0.29, 0.717) is 25.8 Å². The maximum atomic E-state index is 6.34. The molecule has 0 saturated heterocycles. The van der Waals surface area contributed by atoms with Crippen LogP contribution in [0.15, 0.2) is 91.0 Å². The van der Waals surface area contributed by atoms with Gasteiger partial charge in [0.05, 0.1) is 6.15 Å². The van der Waals surface area contributed by atoms with Crippen LogP contribution in [-0.2, 0) is 13.3 Å². The zero-order valence-electron chi connectivity index (χ0n) is 18.3. The number of rotatable bonds is 11. The van der Waals surface area contributed by atoms with Crippen molar-refractivity contribution < 1.29 is 13.3 Å². The summed E-state index contributed by atoms with van der Waals surface area (Å²) in [5.74, 6) is 0.695. The quantitative estimate of drug-likeness (QED) is 0.443. The van der Waals surface area contributed by atoms with Crippen molar-refractivity contribution >= 4 is 31.3 Å². The maximum Gasteiger partial charge on any atom is 0.465 e. The second-order valence-corrected chi connectivity index (χ2v) is 10.1. The van der Waals surface area contributed by atoms with Crippen LogP contribution < -0.4 is 16.4 Å². The van der Waals surface area contributed by atoms with Crippen LogP contribution in [0.25, 0.3) is 0 Å². The summed E-state index contributed by atoms with van der Waals surface area (Å²) in [5.41, 5.74) is 3.81. The normalized spacial score (nSPS) is 12.1. The number of benzene rings is 3. The molecule has 0 heterocycles. The summed E-state index contributed by atoms with van der Waals surface area (Å²) in [7, 11) is -2.95. The zero-order valence-corrected chi connectivity index (χ0v) is 19.3. The third-order valence-electron chi connectivity index (χ3n) is 5.75. The summed E-state index contributed by atoms with van der Waals surface area (Å²) in [4.78, 5) is 0. The molecule has 0 saturated carbocycles. The van der Waals surface area contributed by atoms with Crippen LogP contribution in [0.1, 0.15) is 20.8 Å². The first-order valence-electron chi connectivity index (χ1n) is 11.0. The Morgan fingerprint density at radius 1 is 0.533 bits per heavy atom. The lowest BCUT2D eigenvalue weighted by Crippen LogP contribution is -2.72. The Kier molecular flexibility index (Phi) is 8.05. The molecule has 0 spiro atoms. The van der Waals surface area contributed by atoms with Crippen LogP contribution in [0.2, 0.25) is 5.94 Å². The molecule has 0 bridgehead atoms. The average Bonchev–Trinajstić information content (AvgIpc) is 2.80. The maximum absolute atomic E-state index is 6.34. The van der Waals surface area contributed by atoms with Crippen LogP contribution >= 0.6 is 0 Å². The molecular formula is C25H32BO3Si-. The monoisotopic (exact) mass is 419 g/mol. The van der Waals surface area contributed by atoms with Crippen molar-refractivity contribution in [1.82, 2.24) is 0 Å². The Balaban J connectivity index is 2.30. The van der Waals surface area contributed by atoms with Crippen molar-refractivity contribution in [2.75, 3.05) is 19.8 Å². The minimum atomic E-state index is -2.95. The predicted molar refractivity (Wildman–Crippen MR) is 129 cm³/mol. The second-order valence-electron chi connectivity index (χ2n) is 7.46. The van der Waals surface area contributed by atoms with E-state index in [9.17, 15) is 0 Å². The zero-order chi connectivity index (χ0) is 21.3. The SMILES string of the molecule is CCO[Si](C[B-](c1ccccc1)(c1ccccc1)c1ccccc1)(OCC)OCC. The van der Waals surface area contributed by atoms with Gasteiger partial charge in [0.15, 0.2) is 0 Å². The molecule has 5 heteroatoms. The molecule has 0 N–H and O–H groups in total. The average molecular weight is 419 g/mol. The van der Waals surface area contributed by atoms with Crippen LogP contribution in [0.4, 0.5) is 0 Å². The highest BCUT2D eigenvalue weighted by atomic mass is 28.4. The molecule has 0 aliphatic rings. The van der Waals surface area contributed by atoms with E-state index in [0.717, 1.165) is 0 Å². The molecule has 0 fully saturated rings. The summed E-state index contributed by atoms with van der Waals surface area (Å²) in [6, 6.07) is 32.2. The highest BCUT2D eigenvalue weighted by Gasteiger charge is 2.46. The summed E-state index contributed by atoms with van der Waals surface area (Å²) in [5, 5.41) is 0. The molecule has 0 aliphatic carbocycles. The van der Waals surface area contributed by atoms with E-state index < -0.39 is 15.0 Å². The van der Waals surface area contributed by atoms with Crippen molar-refractivity contribution in [3.63, 3.8) is 0 Å². The van der Waals surface area contributed by atoms with Gasteiger partial charge in [0, 0.05) is 19.8 Å². The van der Waals surface area contributed by atoms with Gasteiger partial charge in [0.2, 0.25) is 0 Å². The molecule has 3 rings (SSSR count). The van der Waals surface area contributed by atoms with Crippen molar-refractivity contribution in [1.29, 1.82) is 0 Å². The molecule has 158 valence electrons. The second kappa shape index (κ2) is 10.7. The van der Waals surface area contributed by atoms with E-state index in [1.807, 2.05) is 20.8 Å². The molecule has 0 aromatic heterocycles. The first kappa shape index (κ1) is 22.5. The van der Waals surface area contributed by atoms with Crippen molar-refractivity contribution in [3.05, 3.63) is 91.0 Å². The Morgan fingerprint density at radius 2 is 0.833 bits per heavy atom. The van der Waals surface area contributed by atoms with Gasteiger partial charge in [0.25, 0.3) is 0 Å². The van der Waals surface area contributed by atoms with Crippen LogP contribution in [0.5, 0.6) is 0 Å². The molecule has 3 nitrogen and oxygen atoms in total. The van der Waals surface area contributed by atoms with Gasteiger partial charge < -0.3 is 13.3 Å². The lowest BCUT2D eigenvalue weighted by Gasteiger charge is -2.47. The van der Waals surface area contributed by atoms with Gasteiger partial charge in [-0.3, -0.25) is 0 Å². The molecule has 0 amide bonds. The van der Waals surface area contributed by atoms with Gasteiger partial charge in [-0.05, 0) is 20.8 Å². The Bertz CT molecular complexity index is 761. The van der Waals surface area contributed by atoms with Gasteiger partial charge >= 0.3 is 8.80 Å². The van der Waals surface area contributed by atoms with Crippen molar-refractivity contribution in [3.8, 4) is 0 Å². The lowest BCUT2D eigenvalue weighted by atomic mass is 9.17. The van der Waals surface area contributed by atoms with Gasteiger partial charge in [-0.2, -0.15) is 16.4 Å². The van der Waals surface area contributed by atoms with Crippen molar-refractivity contribution in [2.24, 2.45) is 0 Å². The molecule has 0 radical (unpaired) electrons. The summed E-state index contributed by atoms with van der Waals surface area (Å²) in [6.07, 6.45) is -1.36. The van der Waals surface area contributed by atoms with Crippen LogP contribution in [0.3, 0.4) is 0 Å². The fourth-order valence-electron chi connectivity index (χ4n) is 4.61.